The Balaban J connectivity index is 2.07. The molecule has 4 heteroatoms. The molecule has 0 saturated heterocycles. The van der Waals surface area contributed by atoms with Crippen molar-refractivity contribution in [2.75, 3.05) is 25.0 Å². The standard InChI is InChI=1S/C19H28BrN3/c1-5-23(6-2)12-8-9-15(4)22-19-14(3)13-21-17-11-7-10-16(20)18(17)19/h7,10-11,13,15H,5-6,8-9,12H2,1-4H3,(H,21,22)/t15-/m0/s1. The summed E-state index contributed by atoms with van der Waals surface area (Å²) >= 11 is 3.68. The molecule has 1 aromatic heterocycles. The second kappa shape index (κ2) is 8.65. The fraction of sp³-hybridized carbons (Fsp3) is 0.526. The van der Waals surface area contributed by atoms with Crippen LogP contribution in [0.2, 0.25) is 0 Å². The lowest BCUT2D eigenvalue weighted by Gasteiger charge is -2.22. The first-order chi connectivity index (χ1) is 11.1. The second-order valence-corrected chi connectivity index (χ2v) is 7.02. The molecule has 1 aromatic carbocycles. The number of aromatic nitrogens is 1. The average Bonchev–Trinajstić information content (AvgIpc) is 2.54. The van der Waals surface area contributed by atoms with E-state index in [2.05, 4.69) is 71.0 Å². The van der Waals surface area contributed by atoms with Crippen molar-refractivity contribution in [3.8, 4) is 0 Å². The van der Waals surface area contributed by atoms with Crippen LogP contribution in [0.5, 0.6) is 0 Å². The van der Waals surface area contributed by atoms with E-state index in [1.807, 2.05) is 12.3 Å². The summed E-state index contributed by atoms with van der Waals surface area (Å²) in [5, 5.41) is 4.90. The maximum Gasteiger partial charge on any atom is 0.0734 e. The number of hydrogen-bond donors (Lipinski definition) is 1. The van der Waals surface area contributed by atoms with Gasteiger partial charge in [0.2, 0.25) is 0 Å². The van der Waals surface area contributed by atoms with Gasteiger partial charge < -0.3 is 10.2 Å². The summed E-state index contributed by atoms with van der Waals surface area (Å²) in [6, 6.07) is 6.63. The minimum atomic E-state index is 0.446. The van der Waals surface area contributed by atoms with Crippen LogP contribution in [0, 0.1) is 6.92 Å². The van der Waals surface area contributed by atoms with Crippen molar-refractivity contribution in [2.24, 2.45) is 0 Å². The Bertz CT molecular complexity index is 638. The lowest BCUT2D eigenvalue weighted by molar-refractivity contribution is 0.295. The first-order valence-corrected chi connectivity index (χ1v) is 9.38. The summed E-state index contributed by atoms with van der Waals surface area (Å²) in [5.74, 6) is 0. The Labute approximate surface area is 148 Å². The van der Waals surface area contributed by atoms with Gasteiger partial charge in [-0.15, -0.1) is 0 Å². The van der Waals surface area contributed by atoms with Gasteiger partial charge in [-0.1, -0.05) is 35.8 Å². The van der Waals surface area contributed by atoms with Gasteiger partial charge in [-0.3, -0.25) is 4.98 Å². The zero-order valence-electron chi connectivity index (χ0n) is 14.7. The summed E-state index contributed by atoms with van der Waals surface area (Å²) in [6.45, 7) is 12.3. The highest BCUT2D eigenvalue weighted by Gasteiger charge is 2.12. The minimum Gasteiger partial charge on any atom is -0.382 e. The monoisotopic (exact) mass is 377 g/mol. The lowest BCUT2D eigenvalue weighted by Crippen LogP contribution is -2.25. The minimum absolute atomic E-state index is 0.446. The molecule has 0 radical (unpaired) electrons. The van der Waals surface area contributed by atoms with Crippen LogP contribution < -0.4 is 5.32 Å². The number of nitrogens with one attached hydrogen (secondary N) is 1. The van der Waals surface area contributed by atoms with Crippen molar-refractivity contribution in [1.29, 1.82) is 0 Å². The van der Waals surface area contributed by atoms with E-state index in [1.165, 1.54) is 36.0 Å². The maximum atomic E-state index is 4.54. The first-order valence-electron chi connectivity index (χ1n) is 8.59. The van der Waals surface area contributed by atoms with Crippen LogP contribution in [0.4, 0.5) is 5.69 Å². The molecule has 0 saturated carbocycles. The van der Waals surface area contributed by atoms with Crippen molar-refractivity contribution < 1.29 is 0 Å². The molecule has 0 aliphatic heterocycles. The van der Waals surface area contributed by atoms with Crippen LogP contribution >= 0.6 is 15.9 Å². The zero-order chi connectivity index (χ0) is 16.8. The van der Waals surface area contributed by atoms with Gasteiger partial charge in [0.1, 0.15) is 0 Å². The largest absolute Gasteiger partial charge is 0.382 e. The molecule has 2 rings (SSSR count). The van der Waals surface area contributed by atoms with Gasteiger partial charge in [-0.2, -0.15) is 0 Å². The van der Waals surface area contributed by atoms with Crippen LogP contribution in [0.25, 0.3) is 10.9 Å². The fourth-order valence-corrected chi connectivity index (χ4v) is 3.52. The van der Waals surface area contributed by atoms with Crippen molar-refractivity contribution in [3.05, 3.63) is 34.4 Å². The van der Waals surface area contributed by atoms with Gasteiger partial charge in [0.05, 0.1) is 5.52 Å². The Morgan fingerprint density at radius 2 is 2.00 bits per heavy atom. The third-order valence-electron chi connectivity index (χ3n) is 4.43. The van der Waals surface area contributed by atoms with Crippen molar-refractivity contribution in [1.82, 2.24) is 9.88 Å². The Kier molecular flexibility index (Phi) is 6.85. The smallest absolute Gasteiger partial charge is 0.0734 e. The molecule has 1 N–H and O–H groups in total. The summed E-state index contributed by atoms with van der Waals surface area (Å²) in [7, 11) is 0. The number of anilines is 1. The molecule has 0 spiro atoms. The predicted octanol–water partition coefficient (Wildman–Crippen LogP) is 5.23. The summed E-state index contributed by atoms with van der Waals surface area (Å²) in [4.78, 5) is 7.02. The molecule has 3 nitrogen and oxygen atoms in total. The maximum absolute atomic E-state index is 4.54. The van der Waals surface area contributed by atoms with E-state index in [-0.39, 0.29) is 0 Å². The number of hydrogen-bond acceptors (Lipinski definition) is 3. The normalized spacial score (nSPS) is 12.8. The van der Waals surface area contributed by atoms with Gasteiger partial charge in [0, 0.05) is 27.8 Å². The molecule has 0 aliphatic rings. The van der Waals surface area contributed by atoms with E-state index < -0.39 is 0 Å². The quantitative estimate of drug-likeness (QED) is 0.682. The van der Waals surface area contributed by atoms with Gasteiger partial charge in [0.15, 0.2) is 0 Å². The molecule has 1 atom stereocenters. The van der Waals surface area contributed by atoms with Crippen LogP contribution in [-0.4, -0.2) is 35.6 Å². The van der Waals surface area contributed by atoms with Crippen LogP contribution in [0.15, 0.2) is 28.9 Å². The first kappa shape index (κ1) is 18.2. The molecule has 0 unspecified atom stereocenters. The molecular weight excluding hydrogens is 350 g/mol. The van der Waals surface area contributed by atoms with E-state index in [4.69, 9.17) is 0 Å². The molecule has 23 heavy (non-hydrogen) atoms. The molecule has 126 valence electrons. The summed E-state index contributed by atoms with van der Waals surface area (Å²) in [6.07, 6.45) is 4.35. The van der Waals surface area contributed by atoms with Gasteiger partial charge in [-0.25, -0.2) is 0 Å². The van der Waals surface area contributed by atoms with Crippen molar-refractivity contribution in [2.45, 2.75) is 46.6 Å². The Morgan fingerprint density at radius 1 is 1.26 bits per heavy atom. The number of pyridine rings is 1. The number of fused-ring (bicyclic) bond motifs is 1. The number of aryl methyl sites for hydroxylation is 1. The highest BCUT2D eigenvalue weighted by Crippen LogP contribution is 2.32. The van der Waals surface area contributed by atoms with Crippen molar-refractivity contribution in [3.63, 3.8) is 0 Å². The molecule has 1 heterocycles. The van der Waals surface area contributed by atoms with Gasteiger partial charge >= 0.3 is 0 Å². The highest BCUT2D eigenvalue weighted by molar-refractivity contribution is 9.10. The molecule has 2 aromatic rings. The second-order valence-electron chi connectivity index (χ2n) is 6.16. The van der Waals surface area contributed by atoms with Crippen LogP contribution in [-0.2, 0) is 0 Å². The molecule has 0 bridgehead atoms. The summed E-state index contributed by atoms with van der Waals surface area (Å²) < 4.78 is 1.10. The van der Waals surface area contributed by atoms with Gasteiger partial charge in [-0.05, 0) is 64.0 Å². The topological polar surface area (TPSA) is 28.2 Å². The van der Waals surface area contributed by atoms with Crippen LogP contribution in [0.3, 0.4) is 0 Å². The Morgan fingerprint density at radius 3 is 2.70 bits per heavy atom. The summed E-state index contributed by atoms with van der Waals surface area (Å²) in [5.41, 5.74) is 3.43. The highest BCUT2D eigenvalue weighted by atomic mass is 79.9. The molecule has 0 fully saturated rings. The number of rotatable bonds is 8. The SMILES string of the molecule is CCN(CC)CCC[C@H](C)Nc1c(C)cnc2cccc(Br)c12. The van der Waals surface area contributed by atoms with Crippen LogP contribution in [0.1, 0.15) is 39.2 Å². The third-order valence-corrected chi connectivity index (χ3v) is 5.09. The van der Waals surface area contributed by atoms with E-state index in [1.54, 1.807) is 0 Å². The number of benzene rings is 1. The lowest BCUT2D eigenvalue weighted by atomic mass is 10.1. The van der Waals surface area contributed by atoms with E-state index in [9.17, 15) is 0 Å². The fourth-order valence-electron chi connectivity index (χ4n) is 2.96. The molecule has 0 amide bonds. The third kappa shape index (κ3) is 4.67. The van der Waals surface area contributed by atoms with E-state index in [0.717, 1.165) is 23.1 Å². The predicted molar refractivity (Wildman–Crippen MR) is 104 cm³/mol. The van der Waals surface area contributed by atoms with Crippen molar-refractivity contribution >= 4 is 32.5 Å². The zero-order valence-corrected chi connectivity index (χ0v) is 16.3. The van der Waals surface area contributed by atoms with E-state index in [0.29, 0.717) is 6.04 Å². The van der Waals surface area contributed by atoms with Gasteiger partial charge in [0.25, 0.3) is 0 Å². The Hall–Kier alpha value is -1.13. The number of nitrogens with zero attached hydrogens (tertiary/aromatic N) is 2. The molecular formula is C19H28BrN3. The van der Waals surface area contributed by atoms with E-state index >= 15 is 0 Å². The average molecular weight is 378 g/mol. The number of halogens is 1. The molecule has 0 aliphatic carbocycles.